The van der Waals surface area contributed by atoms with E-state index in [1.54, 1.807) is 13.0 Å². The van der Waals surface area contributed by atoms with Crippen molar-refractivity contribution < 1.29 is 9.90 Å². The standard InChI is InChI=1S/C8H8ClNO2/c1-4-2-7(10)6(9)3-5(4)8(11)12/h2-3H,10H2,1H3,(H,11,12). The van der Waals surface area contributed by atoms with Crippen LogP contribution in [-0.4, -0.2) is 11.1 Å². The molecule has 1 rings (SSSR count). The second-order valence-electron chi connectivity index (χ2n) is 2.49. The van der Waals surface area contributed by atoms with E-state index in [1.807, 2.05) is 0 Å². The maximum Gasteiger partial charge on any atom is 0.336 e. The van der Waals surface area contributed by atoms with E-state index >= 15 is 0 Å². The van der Waals surface area contributed by atoms with Gasteiger partial charge in [-0.3, -0.25) is 0 Å². The monoisotopic (exact) mass is 185 g/mol. The van der Waals surface area contributed by atoms with Crippen LogP contribution in [0.25, 0.3) is 0 Å². The van der Waals surface area contributed by atoms with Crippen molar-refractivity contribution in [1.82, 2.24) is 0 Å². The molecule has 0 aliphatic rings. The summed E-state index contributed by atoms with van der Waals surface area (Å²) in [5.41, 5.74) is 6.67. The lowest BCUT2D eigenvalue weighted by Gasteiger charge is -2.03. The molecule has 64 valence electrons. The van der Waals surface area contributed by atoms with E-state index in [0.29, 0.717) is 11.3 Å². The van der Waals surface area contributed by atoms with Crippen molar-refractivity contribution in [2.45, 2.75) is 6.92 Å². The van der Waals surface area contributed by atoms with Gasteiger partial charge in [0.1, 0.15) is 0 Å². The molecule has 0 aromatic heterocycles. The second kappa shape index (κ2) is 3.03. The number of carbonyl (C=O) groups is 1. The number of aryl methyl sites for hydroxylation is 1. The van der Waals surface area contributed by atoms with Crippen molar-refractivity contribution >= 4 is 23.3 Å². The van der Waals surface area contributed by atoms with Crippen LogP contribution in [0.15, 0.2) is 12.1 Å². The molecule has 0 atom stereocenters. The molecule has 1 aromatic carbocycles. The van der Waals surface area contributed by atoms with Gasteiger partial charge in [-0.1, -0.05) is 11.6 Å². The summed E-state index contributed by atoms with van der Waals surface area (Å²) >= 11 is 5.64. The van der Waals surface area contributed by atoms with Gasteiger partial charge in [-0.05, 0) is 24.6 Å². The summed E-state index contributed by atoms with van der Waals surface area (Å²) in [5.74, 6) is -0.991. The van der Waals surface area contributed by atoms with E-state index in [0.717, 1.165) is 0 Å². The fraction of sp³-hybridized carbons (Fsp3) is 0.125. The van der Waals surface area contributed by atoms with Crippen molar-refractivity contribution in [3.63, 3.8) is 0 Å². The zero-order valence-electron chi connectivity index (χ0n) is 6.47. The number of aromatic carboxylic acids is 1. The molecule has 4 heteroatoms. The third-order valence-electron chi connectivity index (χ3n) is 1.57. The van der Waals surface area contributed by atoms with Gasteiger partial charge >= 0.3 is 5.97 Å². The van der Waals surface area contributed by atoms with Crippen molar-refractivity contribution in [2.75, 3.05) is 5.73 Å². The molecule has 0 fully saturated rings. The zero-order chi connectivity index (χ0) is 9.30. The van der Waals surface area contributed by atoms with Crippen LogP contribution in [-0.2, 0) is 0 Å². The first-order chi connectivity index (χ1) is 5.52. The topological polar surface area (TPSA) is 63.3 Å². The average Bonchev–Trinajstić information content (AvgIpc) is 1.96. The Morgan fingerprint density at radius 1 is 1.58 bits per heavy atom. The SMILES string of the molecule is Cc1cc(N)c(Cl)cc1C(=O)O. The van der Waals surface area contributed by atoms with Gasteiger partial charge in [-0.25, -0.2) is 4.79 Å². The first-order valence-corrected chi connectivity index (χ1v) is 3.69. The summed E-state index contributed by atoms with van der Waals surface area (Å²) in [4.78, 5) is 10.6. The molecule has 0 heterocycles. The van der Waals surface area contributed by atoms with Gasteiger partial charge in [0.15, 0.2) is 0 Å². The highest BCUT2D eigenvalue weighted by Gasteiger charge is 2.09. The van der Waals surface area contributed by atoms with E-state index in [-0.39, 0.29) is 10.6 Å². The number of halogens is 1. The van der Waals surface area contributed by atoms with Crippen LogP contribution in [0.5, 0.6) is 0 Å². The number of nitrogen functional groups attached to an aromatic ring is 1. The van der Waals surface area contributed by atoms with Gasteiger partial charge in [0, 0.05) is 0 Å². The number of carboxylic acid groups (broad SMARTS) is 1. The van der Waals surface area contributed by atoms with E-state index in [9.17, 15) is 4.79 Å². The van der Waals surface area contributed by atoms with Crippen LogP contribution < -0.4 is 5.73 Å². The molecule has 3 nitrogen and oxygen atoms in total. The Bertz CT molecular complexity index is 336. The van der Waals surface area contributed by atoms with E-state index < -0.39 is 5.97 Å². The summed E-state index contributed by atoms with van der Waals surface area (Å²) in [6.07, 6.45) is 0. The van der Waals surface area contributed by atoms with Crippen LogP contribution in [0.4, 0.5) is 5.69 Å². The van der Waals surface area contributed by atoms with Crippen molar-refractivity contribution in [3.05, 3.63) is 28.3 Å². The summed E-state index contributed by atoms with van der Waals surface area (Å²) in [7, 11) is 0. The first kappa shape index (κ1) is 8.87. The number of hydrogen-bond donors (Lipinski definition) is 2. The Morgan fingerprint density at radius 2 is 2.17 bits per heavy atom. The second-order valence-corrected chi connectivity index (χ2v) is 2.90. The summed E-state index contributed by atoms with van der Waals surface area (Å²) in [6, 6.07) is 2.90. The van der Waals surface area contributed by atoms with Crippen LogP contribution in [0, 0.1) is 6.92 Å². The highest BCUT2D eigenvalue weighted by atomic mass is 35.5. The van der Waals surface area contributed by atoms with Crippen molar-refractivity contribution in [2.24, 2.45) is 0 Å². The quantitative estimate of drug-likeness (QED) is 0.658. The van der Waals surface area contributed by atoms with Gasteiger partial charge in [-0.15, -0.1) is 0 Å². The number of anilines is 1. The summed E-state index contributed by atoms with van der Waals surface area (Å²) < 4.78 is 0. The smallest absolute Gasteiger partial charge is 0.336 e. The Balaban J connectivity index is 3.33. The largest absolute Gasteiger partial charge is 0.478 e. The van der Waals surface area contributed by atoms with Gasteiger partial charge in [0.05, 0.1) is 16.3 Å². The summed E-state index contributed by atoms with van der Waals surface area (Å²) in [5, 5.41) is 8.96. The molecule has 0 amide bonds. The number of rotatable bonds is 1. The number of hydrogen-bond acceptors (Lipinski definition) is 2. The lowest BCUT2D eigenvalue weighted by molar-refractivity contribution is 0.0696. The normalized spacial score (nSPS) is 9.83. The number of nitrogens with two attached hydrogens (primary N) is 1. The fourth-order valence-corrected chi connectivity index (χ4v) is 1.10. The maximum atomic E-state index is 10.6. The van der Waals surface area contributed by atoms with Crippen LogP contribution in [0.2, 0.25) is 5.02 Å². The molecule has 3 N–H and O–H groups in total. The Morgan fingerprint density at radius 3 is 2.67 bits per heavy atom. The molecule has 0 aliphatic heterocycles. The third kappa shape index (κ3) is 1.51. The molecule has 0 aliphatic carbocycles. The Labute approximate surface area is 74.8 Å². The Kier molecular flexibility index (Phi) is 2.24. The molecule has 0 spiro atoms. The minimum absolute atomic E-state index is 0.189. The molecule has 0 saturated carbocycles. The molecule has 0 bridgehead atoms. The number of carboxylic acids is 1. The Hall–Kier alpha value is -1.22. The van der Waals surface area contributed by atoms with Crippen molar-refractivity contribution in [1.29, 1.82) is 0 Å². The highest BCUT2D eigenvalue weighted by molar-refractivity contribution is 6.33. The lowest BCUT2D eigenvalue weighted by Crippen LogP contribution is -2.01. The third-order valence-corrected chi connectivity index (χ3v) is 1.90. The fourth-order valence-electron chi connectivity index (χ4n) is 0.934. The van der Waals surface area contributed by atoms with Crippen LogP contribution in [0.3, 0.4) is 0 Å². The molecule has 12 heavy (non-hydrogen) atoms. The molecule has 0 saturated heterocycles. The molecule has 0 unspecified atom stereocenters. The van der Waals surface area contributed by atoms with Gasteiger partial charge in [-0.2, -0.15) is 0 Å². The predicted molar refractivity (Wildman–Crippen MR) is 47.6 cm³/mol. The first-order valence-electron chi connectivity index (χ1n) is 3.31. The molecule has 1 aromatic rings. The minimum atomic E-state index is -0.991. The van der Waals surface area contributed by atoms with Gasteiger partial charge in [0.2, 0.25) is 0 Å². The minimum Gasteiger partial charge on any atom is -0.478 e. The average molecular weight is 186 g/mol. The molecule has 0 radical (unpaired) electrons. The maximum absolute atomic E-state index is 10.6. The summed E-state index contributed by atoms with van der Waals surface area (Å²) in [6.45, 7) is 1.68. The van der Waals surface area contributed by atoms with E-state index in [1.165, 1.54) is 6.07 Å². The number of benzene rings is 1. The zero-order valence-corrected chi connectivity index (χ0v) is 7.22. The van der Waals surface area contributed by atoms with Crippen LogP contribution in [0.1, 0.15) is 15.9 Å². The van der Waals surface area contributed by atoms with Crippen LogP contribution >= 0.6 is 11.6 Å². The van der Waals surface area contributed by atoms with Gasteiger partial charge < -0.3 is 10.8 Å². The predicted octanol–water partition coefficient (Wildman–Crippen LogP) is 1.93. The molecular weight excluding hydrogens is 178 g/mol. The highest BCUT2D eigenvalue weighted by Crippen LogP contribution is 2.22. The van der Waals surface area contributed by atoms with E-state index in [4.69, 9.17) is 22.4 Å². The lowest BCUT2D eigenvalue weighted by atomic mass is 10.1. The van der Waals surface area contributed by atoms with E-state index in [2.05, 4.69) is 0 Å². The molecular formula is C8H8ClNO2. The van der Waals surface area contributed by atoms with Gasteiger partial charge in [0.25, 0.3) is 0 Å². The van der Waals surface area contributed by atoms with Crippen molar-refractivity contribution in [3.8, 4) is 0 Å².